The van der Waals surface area contributed by atoms with Crippen molar-refractivity contribution in [2.45, 2.75) is 11.3 Å². The zero-order valence-electron chi connectivity index (χ0n) is 13.5. The Morgan fingerprint density at radius 1 is 1.22 bits per heavy atom. The number of hydrogen-bond acceptors (Lipinski definition) is 6. The van der Waals surface area contributed by atoms with Crippen molar-refractivity contribution in [3.05, 3.63) is 23.8 Å². The minimum absolute atomic E-state index is 0.0290. The minimum Gasteiger partial charge on any atom is -0.495 e. The molecule has 1 rings (SSSR count). The van der Waals surface area contributed by atoms with Gasteiger partial charge >= 0.3 is 5.97 Å². The molecule has 9 heteroatoms. The quantitative estimate of drug-likeness (QED) is 0.711. The van der Waals surface area contributed by atoms with Crippen LogP contribution in [0.1, 0.15) is 16.8 Å². The second kappa shape index (κ2) is 7.93. The third-order valence-corrected chi connectivity index (χ3v) is 4.86. The Morgan fingerprint density at radius 3 is 2.39 bits per heavy atom. The van der Waals surface area contributed by atoms with Crippen molar-refractivity contribution in [1.82, 2.24) is 9.62 Å². The second-order valence-corrected chi connectivity index (χ2v) is 6.86. The van der Waals surface area contributed by atoms with Crippen LogP contribution in [0.5, 0.6) is 5.75 Å². The number of amides is 1. The molecule has 0 atom stereocenters. The number of esters is 1. The second-order valence-electron chi connectivity index (χ2n) is 4.74. The van der Waals surface area contributed by atoms with Crippen molar-refractivity contribution in [1.29, 1.82) is 0 Å². The van der Waals surface area contributed by atoms with Crippen LogP contribution in [0.25, 0.3) is 0 Å². The smallest absolute Gasteiger partial charge is 0.307 e. The predicted octanol–water partition coefficient (Wildman–Crippen LogP) is 0.238. The molecule has 0 heterocycles. The van der Waals surface area contributed by atoms with Gasteiger partial charge < -0.3 is 14.8 Å². The first-order valence-corrected chi connectivity index (χ1v) is 8.13. The zero-order chi connectivity index (χ0) is 17.6. The van der Waals surface area contributed by atoms with Gasteiger partial charge in [0.2, 0.25) is 10.0 Å². The van der Waals surface area contributed by atoms with E-state index in [4.69, 9.17) is 4.74 Å². The van der Waals surface area contributed by atoms with E-state index in [9.17, 15) is 18.0 Å². The number of ether oxygens (including phenoxy) is 2. The first kappa shape index (κ1) is 18.9. The molecule has 1 aromatic rings. The van der Waals surface area contributed by atoms with Gasteiger partial charge in [0.15, 0.2) is 0 Å². The summed E-state index contributed by atoms with van der Waals surface area (Å²) in [5.74, 6) is -0.799. The highest BCUT2D eigenvalue weighted by Crippen LogP contribution is 2.26. The van der Waals surface area contributed by atoms with Crippen molar-refractivity contribution >= 4 is 21.9 Å². The summed E-state index contributed by atoms with van der Waals surface area (Å²) in [6.45, 7) is 0.0906. The third-order valence-electron chi connectivity index (χ3n) is 3.03. The Labute approximate surface area is 135 Å². The maximum Gasteiger partial charge on any atom is 0.307 e. The molecule has 0 aliphatic carbocycles. The van der Waals surface area contributed by atoms with Gasteiger partial charge in [-0.3, -0.25) is 9.59 Å². The van der Waals surface area contributed by atoms with Crippen molar-refractivity contribution in [3.8, 4) is 5.75 Å². The molecule has 1 N–H and O–H groups in total. The molecule has 23 heavy (non-hydrogen) atoms. The van der Waals surface area contributed by atoms with E-state index in [1.54, 1.807) is 0 Å². The topological polar surface area (TPSA) is 102 Å². The van der Waals surface area contributed by atoms with E-state index < -0.39 is 21.9 Å². The lowest BCUT2D eigenvalue weighted by atomic mass is 10.2. The van der Waals surface area contributed by atoms with Gasteiger partial charge in [-0.15, -0.1) is 0 Å². The fourth-order valence-electron chi connectivity index (χ4n) is 1.70. The van der Waals surface area contributed by atoms with Crippen molar-refractivity contribution in [2.75, 3.05) is 34.9 Å². The molecule has 0 aliphatic heterocycles. The predicted molar refractivity (Wildman–Crippen MR) is 82.8 cm³/mol. The average molecular weight is 344 g/mol. The SMILES string of the molecule is COC(=O)CCNC(=O)c1ccc(OC)c(S(=O)(=O)N(C)C)c1. The molecule has 8 nitrogen and oxygen atoms in total. The van der Waals surface area contributed by atoms with Crippen molar-refractivity contribution in [2.24, 2.45) is 0 Å². The van der Waals surface area contributed by atoms with Crippen LogP contribution < -0.4 is 10.1 Å². The Morgan fingerprint density at radius 2 is 1.87 bits per heavy atom. The Hall–Kier alpha value is -2.13. The standard InChI is InChI=1S/C14H20N2O6S/c1-16(2)23(19,20)12-9-10(5-6-11(12)21-3)14(18)15-8-7-13(17)22-4/h5-6,9H,7-8H2,1-4H3,(H,15,18). The highest BCUT2D eigenvalue weighted by atomic mass is 32.2. The van der Waals surface area contributed by atoms with Gasteiger partial charge in [0.05, 0.1) is 20.6 Å². The Balaban J connectivity index is 3.02. The number of nitrogens with zero attached hydrogens (tertiary/aromatic N) is 1. The summed E-state index contributed by atoms with van der Waals surface area (Å²) >= 11 is 0. The molecule has 1 amide bonds. The fraction of sp³-hybridized carbons (Fsp3) is 0.429. The van der Waals surface area contributed by atoms with Crippen LogP contribution in [-0.2, 0) is 19.6 Å². The first-order valence-electron chi connectivity index (χ1n) is 6.69. The van der Waals surface area contributed by atoms with Gasteiger partial charge in [0.25, 0.3) is 5.91 Å². The molecule has 128 valence electrons. The van der Waals surface area contributed by atoms with Crippen molar-refractivity contribution < 1.29 is 27.5 Å². The van der Waals surface area contributed by atoms with E-state index in [1.807, 2.05) is 0 Å². The van der Waals surface area contributed by atoms with Gasteiger partial charge in [-0.25, -0.2) is 12.7 Å². The van der Waals surface area contributed by atoms with E-state index in [-0.39, 0.29) is 29.2 Å². The number of carbonyl (C=O) groups excluding carboxylic acids is 2. The maximum atomic E-state index is 12.3. The summed E-state index contributed by atoms with van der Waals surface area (Å²) in [5.41, 5.74) is 0.149. The van der Waals surface area contributed by atoms with Gasteiger partial charge in [-0.1, -0.05) is 0 Å². The molecule has 1 aromatic carbocycles. The van der Waals surface area contributed by atoms with E-state index in [0.717, 1.165) is 4.31 Å². The van der Waals surface area contributed by atoms with Crippen LogP contribution in [0.15, 0.2) is 23.1 Å². The first-order chi connectivity index (χ1) is 10.7. The van der Waals surface area contributed by atoms with E-state index in [2.05, 4.69) is 10.1 Å². The van der Waals surface area contributed by atoms with E-state index in [0.29, 0.717) is 0 Å². The molecule has 0 aromatic heterocycles. The Bertz CT molecular complexity index is 685. The van der Waals surface area contributed by atoms with Gasteiger partial charge in [0, 0.05) is 26.2 Å². The zero-order valence-corrected chi connectivity index (χ0v) is 14.3. The number of hydrogen-bond donors (Lipinski definition) is 1. The summed E-state index contributed by atoms with van der Waals surface area (Å²) in [7, 11) is 1.62. The van der Waals surface area contributed by atoms with E-state index >= 15 is 0 Å². The minimum atomic E-state index is -3.76. The molecule has 0 radical (unpaired) electrons. The molecule has 0 unspecified atom stereocenters. The lowest BCUT2D eigenvalue weighted by Crippen LogP contribution is -2.27. The molecule has 0 spiro atoms. The summed E-state index contributed by atoms with van der Waals surface area (Å²) in [4.78, 5) is 22.9. The van der Waals surface area contributed by atoms with Crippen LogP contribution in [-0.4, -0.2) is 59.5 Å². The number of nitrogens with one attached hydrogen (secondary N) is 1. The normalized spacial score (nSPS) is 11.2. The Kier molecular flexibility index (Phi) is 6.52. The molecular weight excluding hydrogens is 324 g/mol. The number of methoxy groups -OCH3 is 2. The van der Waals surface area contributed by atoms with Crippen LogP contribution >= 0.6 is 0 Å². The van der Waals surface area contributed by atoms with Crippen LogP contribution in [0.2, 0.25) is 0 Å². The number of carbonyl (C=O) groups is 2. The summed E-state index contributed by atoms with van der Waals surface area (Å²) in [6, 6.07) is 4.09. The van der Waals surface area contributed by atoms with Crippen LogP contribution in [0.4, 0.5) is 0 Å². The number of sulfonamides is 1. The number of rotatable bonds is 7. The molecule has 0 saturated heterocycles. The van der Waals surface area contributed by atoms with Gasteiger partial charge in [-0.05, 0) is 18.2 Å². The highest BCUT2D eigenvalue weighted by Gasteiger charge is 2.23. The third kappa shape index (κ3) is 4.67. The molecule has 0 bridgehead atoms. The molecule has 0 fully saturated rings. The van der Waals surface area contributed by atoms with Crippen LogP contribution in [0.3, 0.4) is 0 Å². The molecule has 0 aliphatic rings. The lowest BCUT2D eigenvalue weighted by Gasteiger charge is -2.15. The van der Waals surface area contributed by atoms with Crippen molar-refractivity contribution in [3.63, 3.8) is 0 Å². The summed E-state index contributed by atoms with van der Waals surface area (Å²) in [6.07, 6.45) is 0.0290. The largest absolute Gasteiger partial charge is 0.495 e. The lowest BCUT2D eigenvalue weighted by molar-refractivity contribution is -0.140. The monoisotopic (exact) mass is 344 g/mol. The fourth-order valence-corrected chi connectivity index (χ4v) is 2.77. The summed E-state index contributed by atoms with van der Waals surface area (Å²) < 4.78 is 35.1. The van der Waals surface area contributed by atoms with Crippen LogP contribution in [0, 0.1) is 0 Å². The summed E-state index contributed by atoms with van der Waals surface area (Å²) in [5, 5.41) is 2.52. The van der Waals surface area contributed by atoms with Gasteiger partial charge in [-0.2, -0.15) is 0 Å². The number of benzene rings is 1. The highest BCUT2D eigenvalue weighted by molar-refractivity contribution is 7.89. The molecular formula is C14H20N2O6S. The maximum absolute atomic E-state index is 12.3. The average Bonchev–Trinajstić information content (AvgIpc) is 2.53. The van der Waals surface area contributed by atoms with Gasteiger partial charge in [0.1, 0.15) is 10.6 Å². The van der Waals surface area contributed by atoms with E-state index in [1.165, 1.54) is 46.5 Å². The molecule has 0 saturated carbocycles.